The van der Waals surface area contributed by atoms with Crippen molar-refractivity contribution in [2.75, 3.05) is 10.6 Å². The number of fused-ring (bicyclic) bond motifs is 2. The summed E-state index contributed by atoms with van der Waals surface area (Å²) >= 11 is 1.60. The van der Waals surface area contributed by atoms with Crippen LogP contribution in [0.3, 0.4) is 0 Å². The van der Waals surface area contributed by atoms with Crippen LogP contribution in [0.25, 0.3) is 15.3 Å². The predicted octanol–water partition coefficient (Wildman–Crippen LogP) is 5.31. The van der Waals surface area contributed by atoms with Crippen molar-refractivity contribution in [2.45, 2.75) is 39.0 Å². The molecular weight excluding hydrogens is 446 g/mol. The Morgan fingerprint density at radius 1 is 1.15 bits per heavy atom. The predicted molar refractivity (Wildman–Crippen MR) is 134 cm³/mol. The highest BCUT2D eigenvalue weighted by molar-refractivity contribution is 7.20. The van der Waals surface area contributed by atoms with E-state index in [1.54, 1.807) is 11.3 Å². The maximum absolute atomic E-state index is 13.1. The van der Waals surface area contributed by atoms with Crippen LogP contribution in [0, 0.1) is 6.92 Å². The molecular formula is C26H23N5O2S. The number of aryl methyl sites for hydroxylation is 1. The van der Waals surface area contributed by atoms with Crippen molar-refractivity contribution in [1.29, 1.82) is 0 Å². The number of Topliss-reactive ketones (excluding diaryl/α,β-unsaturated/α-hetero) is 1. The van der Waals surface area contributed by atoms with E-state index in [0.717, 1.165) is 67.8 Å². The number of rotatable bonds is 3. The minimum absolute atomic E-state index is 0.114. The standard InChI is InChI=1S/C26H23N5O2S/c1-14-22-23(16-10-12-17(13-11-16)27-15(2)32)24-19(7-5-8-20(24)33)28-25(22)31(30-14)26-29-18-6-3-4-9-21(18)34-26/h3-4,6,9-13,23,28H,5,7-8H2,1-2H3,(H,27,32)/t23-/m0/s1. The third-order valence-corrected chi connectivity index (χ3v) is 7.45. The molecule has 0 spiro atoms. The molecule has 8 heteroatoms. The molecule has 1 aliphatic heterocycles. The monoisotopic (exact) mass is 469 g/mol. The number of benzene rings is 2. The average molecular weight is 470 g/mol. The fraction of sp³-hybridized carbons (Fsp3) is 0.231. The van der Waals surface area contributed by atoms with E-state index >= 15 is 0 Å². The van der Waals surface area contributed by atoms with Gasteiger partial charge in [-0.2, -0.15) is 9.78 Å². The van der Waals surface area contributed by atoms with Crippen LogP contribution in [0.2, 0.25) is 0 Å². The Morgan fingerprint density at radius 3 is 2.71 bits per heavy atom. The first-order chi connectivity index (χ1) is 16.5. The number of aromatic nitrogens is 3. The molecule has 1 atom stereocenters. The van der Waals surface area contributed by atoms with Gasteiger partial charge in [-0.05, 0) is 49.6 Å². The number of hydrogen-bond acceptors (Lipinski definition) is 6. The first-order valence-electron chi connectivity index (χ1n) is 11.4. The highest BCUT2D eigenvalue weighted by Gasteiger charge is 2.39. The highest BCUT2D eigenvalue weighted by atomic mass is 32.1. The zero-order chi connectivity index (χ0) is 23.4. The second kappa shape index (κ2) is 7.92. The smallest absolute Gasteiger partial charge is 0.221 e. The van der Waals surface area contributed by atoms with Crippen molar-refractivity contribution in [3.63, 3.8) is 0 Å². The molecule has 2 aliphatic rings. The molecule has 4 aromatic rings. The number of anilines is 2. The van der Waals surface area contributed by atoms with Gasteiger partial charge in [-0.15, -0.1) is 0 Å². The molecule has 0 bridgehead atoms. The zero-order valence-corrected chi connectivity index (χ0v) is 19.7. The molecule has 170 valence electrons. The molecule has 2 aromatic heterocycles. The minimum atomic E-state index is -0.214. The first kappa shape index (κ1) is 20.8. The van der Waals surface area contributed by atoms with Crippen molar-refractivity contribution in [3.8, 4) is 5.13 Å². The van der Waals surface area contributed by atoms with Gasteiger partial charge >= 0.3 is 0 Å². The molecule has 7 nitrogen and oxygen atoms in total. The Bertz CT molecular complexity index is 1460. The number of nitrogens with zero attached hydrogens (tertiary/aromatic N) is 3. The number of allylic oxidation sites excluding steroid dienone is 2. The lowest BCUT2D eigenvalue weighted by Gasteiger charge is -2.32. The lowest BCUT2D eigenvalue weighted by Crippen LogP contribution is -2.27. The minimum Gasteiger partial charge on any atom is -0.343 e. The van der Waals surface area contributed by atoms with Crippen LogP contribution in [0.15, 0.2) is 59.8 Å². The van der Waals surface area contributed by atoms with Crippen molar-refractivity contribution >= 4 is 44.7 Å². The van der Waals surface area contributed by atoms with Crippen LogP contribution >= 0.6 is 11.3 Å². The van der Waals surface area contributed by atoms with E-state index in [1.807, 2.05) is 54.1 Å². The van der Waals surface area contributed by atoms with Gasteiger partial charge in [0, 0.05) is 41.8 Å². The SMILES string of the molecule is CC(=O)Nc1ccc([C@@H]2C3=C(CCCC3=O)Nc3c2c(C)nn3-c2nc3ccccc3s2)cc1. The number of hydrogen-bond donors (Lipinski definition) is 2. The molecule has 1 amide bonds. The fourth-order valence-corrected chi connectivity index (χ4v) is 5.93. The van der Waals surface area contributed by atoms with Gasteiger partial charge in [-0.3, -0.25) is 9.59 Å². The van der Waals surface area contributed by atoms with Crippen LogP contribution in [-0.4, -0.2) is 26.5 Å². The van der Waals surface area contributed by atoms with E-state index in [4.69, 9.17) is 10.1 Å². The third kappa shape index (κ3) is 3.33. The second-order valence-electron chi connectivity index (χ2n) is 8.75. The van der Waals surface area contributed by atoms with Gasteiger partial charge in [0.1, 0.15) is 5.82 Å². The highest BCUT2D eigenvalue weighted by Crippen LogP contribution is 2.47. The molecule has 0 saturated carbocycles. The summed E-state index contributed by atoms with van der Waals surface area (Å²) in [6.07, 6.45) is 2.22. The average Bonchev–Trinajstić information content (AvgIpc) is 3.39. The van der Waals surface area contributed by atoms with E-state index in [0.29, 0.717) is 6.42 Å². The summed E-state index contributed by atoms with van der Waals surface area (Å²) in [4.78, 5) is 29.4. The Morgan fingerprint density at radius 2 is 1.94 bits per heavy atom. The van der Waals surface area contributed by atoms with Gasteiger partial charge in [0.15, 0.2) is 5.78 Å². The number of nitrogens with one attached hydrogen (secondary N) is 2. The van der Waals surface area contributed by atoms with E-state index in [-0.39, 0.29) is 17.6 Å². The molecule has 6 rings (SSSR count). The maximum atomic E-state index is 13.1. The van der Waals surface area contributed by atoms with Crippen LogP contribution in [0.4, 0.5) is 11.5 Å². The molecule has 3 heterocycles. The van der Waals surface area contributed by atoms with E-state index in [2.05, 4.69) is 16.7 Å². The molecule has 0 radical (unpaired) electrons. The van der Waals surface area contributed by atoms with E-state index in [1.165, 1.54) is 6.92 Å². The summed E-state index contributed by atoms with van der Waals surface area (Å²) in [7, 11) is 0. The summed E-state index contributed by atoms with van der Waals surface area (Å²) in [6, 6.07) is 15.8. The summed E-state index contributed by atoms with van der Waals surface area (Å²) in [5.74, 6) is 0.731. The molecule has 0 unspecified atom stereocenters. The van der Waals surface area contributed by atoms with E-state index < -0.39 is 0 Å². The summed E-state index contributed by atoms with van der Waals surface area (Å²) in [6.45, 7) is 3.48. The second-order valence-corrected chi connectivity index (χ2v) is 9.76. The zero-order valence-electron chi connectivity index (χ0n) is 18.9. The van der Waals surface area contributed by atoms with Gasteiger partial charge in [-0.1, -0.05) is 35.6 Å². The number of amides is 1. The number of ketones is 1. The topological polar surface area (TPSA) is 88.9 Å². The van der Waals surface area contributed by atoms with Crippen molar-refractivity contribution < 1.29 is 9.59 Å². The molecule has 2 N–H and O–H groups in total. The Hall–Kier alpha value is -3.78. The van der Waals surface area contributed by atoms with Crippen molar-refractivity contribution in [1.82, 2.24) is 14.8 Å². The number of thiazole rings is 1. The van der Waals surface area contributed by atoms with Crippen molar-refractivity contribution in [2.24, 2.45) is 0 Å². The number of para-hydroxylation sites is 1. The van der Waals surface area contributed by atoms with Crippen LogP contribution < -0.4 is 10.6 Å². The van der Waals surface area contributed by atoms with Gasteiger partial charge in [0.05, 0.1) is 15.9 Å². The summed E-state index contributed by atoms with van der Waals surface area (Å²) < 4.78 is 2.99. The van der Waals surface area contributed by atoms with E-state index in [9.17, 15) is 9.59 Å². The normalized spacial score (nSPS) is 17.4. The Kier molecular flexibility index (Phi) is 4.84. The molecule has 2 aromatic carbocycles. The Balaban J connectivity index is 1.52. The fourth-order valence-electron chi connectivity index (χ4n) is 5.01. The molecule has 1 aliphatic carbocycles. The van der Waals surface area contributed by atoms with Crippen LogP contribution in [0.1, 0.15) is 48.9 Å². The van der Waals surface area contributed by atoms with Crippen LogP contribution in [-0.2, 0) is 9.59 Å². The lowest BCUT2D eigenvalue weighted by molar-refractivity contribution is -0.116. The summed E-state index contributed by atoms with van der Waals surface area (Å²) in [5, 5.41) is 12.1. The van der Waals surface area contributed by atoms with Crippen LogP contribution in [0.5, 0.6) is 0 Å². The van der Waals surface area contributed by atoms with Crippen molar-refractivity contribution in [3.05, 3.63) is 76.6 Å². The number of carbonyl (C=O) groups is 2. The Labute approximate surface area is 200 Å². The molecule has 0 saturated heterocycles. The van der Waals surface area contributed by atoms with Gasteiger partial charge in [0.2, 0.25) is 11.0 Å². The third-order valence-electron chi connectivity index (χ3n) is 6.44. The quantitative estimate of drug-likeness (QED) is 0.424. The maximum Gasteiger partial charge on any atom is 0.221 e. The lowest BCUT2D eigenvalue weighted by atomic mass is 9.76. The van der Waals surface area contributed by atoms with Gasteiger partial charge in [0.25, 0.3) is 0 Å². The van der Waals surface area contributed by atoms with Gasteiger partial charge in [-0.25, -0.2) is 4.98 Å². The largest absolute Gasteiger partial charge is 0.343 e. The summed E-state index contributed by atoms with van der Waals surface area (Å²) in [5.41, 5.74) is 6.35. The first-order valence-corrected chi connectivity index (χ1v) is 12.2. The molecule has 34 heavy (non-hydrogen) atoms. The number of carbonyl (C=O) groups excluding carboxylic acids is 2. The van der Waals surface area contributed by atoms with Gasteiger partial charge < -0.3 is 10.6 Å². The molecule has 0 fully saturated rings.